The highest BCUT2D eigenvalue weighted by Crippen LogP contribution is 1.97. The van der Waals surface area contributed by atoms with Crippen LogP contribution in [0.2, 0.25) is 0 Å². The van der Waals surface area contributed by atoms with Crippen molar-refractivity contribution in [1.29, 1.82) is 0 Å². The normalized spacial score (nSPS) is 15.8. The molecule has 0 aliphatic heterocycles. The first-order chi connectivity index (χ1) is 7.84. The molecule has 0 rings (SSSR count). The van der Waals surface area contributed by atoms with Crippen molar-refractivity contribution in [3.05, 3.63) is 0 Å². The highest BCUT2D eigenvalue weighted by Gasteiger charge is 2.15. The van der Waals surface area contributed by atoms with Crippen LogP contribution >= 0.6 is 0 Å². The van der Waals surface area contributed by atoms with Crippen molar-refractivity contribution in [3.8, 4) is 0 Å². The second kappa shape index (κ2) is 7.99. The van der Waals surface area contributed by atoms with Crippen LogP contribution < -0.4 is 0 Å². The van der Waals surface area contributed by atoms with E-state index in [4.69, 9.17) is 14.9 Å². The zero-order valence-electron chi connectivity index (χ0n) is 10.1. The molecule has 3 atom stereocenters. The minimum Gasteiger partial charge on any atom is -0.461 e. The molecule has 0 heterocycles. The third-order valence-electron chi connectivity index (χ3n) is 1.64. The van der Waals surface area contributed by atoms with Gasteiger partial charge >= 0.3 is 11.9 Å². The molecule has 0 radical (unpaired) electrons. The van der Waals surface area contributed by atoms with Crippen molar-refractivity contribution < 1.29 is 34.0 Å². The highest BCUT2D eigenvalue weighted by atomic mass is 16.7. The standard InChI is InChI=1S/C10H18O7/c1-6(11)9(13)16-5-4-15-8(3)17-10(14)7(2)12/h6-8,11-12H,4-5H2,1-3H3. The molecule has 0 aromatic rings. The van der Waals surface area contributed by atoms with Crippen molar-refractivity contribution in [1.82, 2.24) is 0 Å². The van der Waals surface area contributed by atoms with Gasteiger partial charge in [-0.3, -0.25) is 0 Å². The number of rotatable bonds is 7. The van der Waals surface area contributed by atoms with Gasteiger partial charge in [-0.1, -0.05) is 0 Å². The lowest BCUT2D eigenvalue weighted by Gasteiger charge is -2.15. The number of hydrogen-bond donors (Lipinski definition) is 2. The zero-order chi connectivity index (χ0) is 13.4. The van der Waals surface area contributed by atoms with Crippen molar-refractivity contribution in [2.24, 2.45) is 0 Å². The van der Waals surface area contributed by atoms with Crippen molar-refractivity contribution >= 4 is 11.9 Å². The van der Waals surface area contributed by atoms with Crippen LogP contribution in [0, 0.1) is 0 Å². The van der Waals surface area contributed by atoms with E-state index in [9.17, 15) is 9.59 Å². The summed E-state index contributed by atoms with van der Waals surface area (Å²) in [6, 6.07) is 0. The van der Waals surface area contributed by atoms with Gasteiger partial charge in [-0.25, -0.2) is 9.59 Å². The van der Waals surface area contributed by atoms with Crippen LogP contribution in [0.4, 0.5) is 0 Å². The van der Waals surface area contributed by atoms with Gasteiger partial charge in [0.1, 0.15) is 18.8 Å². The van der Waals surface area contributed by atoms with Crippen LogP contribution in [-0.4, -0.2) is 53.9 Å². The summed E-state index contributed by atoms with van der Waals surface area (Å²) in [6.45, 7) is 4.00. The number of hydrogen-bond acceptors (Lipinski definition) is 7. The average molecular weight is 250 g/mol. The molecule has 0 spiro atoms. The lowest BCUT2D eigenvalue weighted by atomic mass is 10.4. The maximum Gasteiger partial charge on any atom is 0.336 e. The molecule has 0 saturated heterocycles. The molecule has 0 fully saturated rings. The van der Waals surface area contributed by atoms with E-state index in [0.29, 0.717) is 0 Å². The van der Waals surface area contributed by atoms with Gasteiger partial charge in [0, 0.05) is 0 Å². The smallest absolute Gasteiger partial charge is 0.336 e. The molecule has 3 unspecified atom stereocenters. The summed E-state index contributed by atoms with van der Waals surface area (Å²) >= 11 is 0. The third-order valence-corrected chi connectivity index (χ3v) is 1.64. The summed E-state index contributed by atoms with van der Waals surface area (Å²) in [6.07, 6.45) is -3.24. The molecule has 0 aliphatic carbocycles. The van der Waals surface area contributed by atoms with Gasteiger partial charge < -0.3 is 24.4 Å². The average Bonchev–Trinajstić information content (AvgIpc) is 2.23. The first kappa shape index (κ1) is 15.8. The van der Waals surface area contributed by atoms with Gasteiger partial charge in [-0.15, -0.1) is 0 Å². The van der Waals surface area contributed by atoms with Crippen molar-refractivity contribution in [2.45, 2.75) is 39.3 Å². The molecular weight excluding hydrogens is 232 g/mol. The van der Waals surface area contributed by atoms with E-state index < -0.39 is 30.4 Å². The van der Waals surface area contributed by atoms with Crippen LogP contribution in [-0.2, 0) is 23.8 Å². The largest absolute Gasteiger partial charge is 0.461 e. The monoisotopic (exact) mass is 250 g/mol. The third kappa shape index (κ3) is 7.67. The van der Waals surface area contributed by atoms with Gasteiger partial charge in [0.15, 0.2) is 6.29 Å². The summed E-state index contributed by atoms with van der Waals surface area (Å²) in [5, 5.41) is 17.6. The molecule has 0 saturated carbocycles. The summed E-state index contributed by atoms with van der Waals surface area (Å²) in [5.41, 5.74) is 0. The molecule has 17 heavy (non-hydrogen) atoms. The minimum absolute atomic E-state index is 0.0206. The maximum absolute atomic E-state index is 10.9. The first-order valence-corrected chi connectivity index (χ1v) is 5.19. The summed E-state index contributed by atoms with van der Waals surface area (Å²) < 4.78 is 14.2. The Bertz CT molecular complexity index is 249. The van der Waals surface area contributed by atoms with Crippen LogP contribution in [0.15, 0.2) is 0 Å². The van der Waals surface area contributed by atoms with Crippen LogP contribution in [0.25, 0.3) is 0 Å². The molecule has 0 bridgehead atoms. The van der Waals surface area contributed by atoms with Gasteiger partial charge in [0.2, 0.25) is 0 Å². The molecule has 100 valence electrons. The molecule has 0 aliphatic rings. The lowest BCUT2D eigenvalue weighted by molar-refractivity contribution is -0.186. The fraction of sp³-hybridized carbons (Fsp3) is 0.800. The van der Waals surface area contributed by atoms with E-state index in [1.54, 1.807) is 0 Å². The second-order valence-corrected chi connectivity index (χ2v) is 3.39. The molecule has 2 N–H and O–H groups in total. The first-order valence-electron chi connectivity index (χ1n) is 5.19. The molecule has 7 nitrogen and oxygen atoms in total. The second-order valence-electron chi connectivity index (χ2n) is 3.39. The number of esters is 2. The Morgan fingerprint density at radius 2 is 1.53 bits per heavy atom. The van der Waals surface area contributed by atoms with Crippen LogP contribution in [0.1, 0.15) is 20.8 Å². The molecule has 0 amide bonds. The topological polar surface area (TPSA) is 102 Å². The van der Waals surface area contributed by atoms with E-state index in [2.05, 4.69) is 9.47 Å². The fourth-order valence-electron chi connectivity index (χ4n) is 0.773. The molecule has 7 heteroatoms. The van der Waals surface area contributed by atoms with Crippen molar-refractivity contribution in [2.75, 3.05) is 13.2 Å². The number of aliphatic hydroxyl groups excluding tert-OH is 2. The van der Waals surface area contributed by atoms with Gasteiger partial charge in [-0.05, 0) is 20.8 Å². The van der Waals surface area contributed by atoms with E-state index in [-0.39, 0.29) is 13.2 Å². The Balaban J connectivity index is 3.62. The lowest BCUT2D eigenvalue weighted by Crippen LogP contribution is -2.27. The predicted octanol–water partition coefficient (Wildman–Crippen LogP) is -0.803. The molecule has 0 aromatic carbocycles. The molecular formula is C10H18O7. The van der Waals surface area contributed by atoms with Gasteiger partial charge in [0.05, 0.1) is 6.61 Å². The van der Waals surface area contributed by atoms with E-state index >= 15 is 0 Å². The SMILES string of the molecule is CC(OCCOC(=O)C(C)O)OC(=O)C(C)O. The Hall–Kier alpha value is -1.18. The Morgan fingerprint density at radius 3 is 2.00 bits per heavy atom. The number of ether oxygens (including phenoxy) is 3. The number of carbonyl (C=O) groups is 2. The quantitative estimate of drug-likeness (QED) is 0.346. The van der Waals surface area contributed by atoms with Gasteiger partial charge in [-0.2, -0.15) is 0 Å². The van der Waals surface area contributed by atoms with E-state index in [1.165, 1.54) is 20.8 Å². The molecule has 0 aromatic heterocycles. The Morgan fingerprint density at radius 1 is 1.00 bits per heavy atom. The van der Waals surface area contributed by atoms with Crippen LogP contribution in [0.3, 0.4) is 0 Å². The van der Waals surface area contributed by atoms with Crippen LogP contribution in [0.5, 0.6) is 0 Å². The van der Waals surface area contributed by atoms with E-state index in [0.717, 1.165) is 0 Å². The zero-order valence-corrected chi connectivity index (χ0v) is 10.1. The fourth-order valence-corrected chi connectivity index (χ4v) is 0.773. The maximum atomic E-state index is 10.9. The Labute approximate surface area is 99.3 Å². The number of carbonyl (C=O) groups excluding carboxylic acids is 2. The summed E-state index contributed by atoms with van der Waals surface area (Å²) in [5.74, 6) is -1.54. The minimum atomic E-state index is -1.21. The number of aliphatic hydroxyl groups is 2. The summed E-state index contributed by atoms with van der Waals surface area (Å²) in [4.78, 5) is 21.7. The highest BCUT2D eigenvalue weighted by molar-refractivity contribution is 5.74. The Kier molecular flexibility index (Phi) is 7.44. The van der Waals surface area contributed by atoms with Gasteiger partial charge in [0.25, 0.3) is 0 Å². The van der Waals surface area contributed by atoms with E-state index in [1.807, 2.05) is 0 Å². The predicted molar refractivity (Wildman–Crippen MR) is 55.8 cm³/mol. The van der Waals surface area contributed by atoms with Crippen molar-refractivity contribution in [3.63, 3.8) is 0 Å². The summed E-state index contributed by atoms with van der Waals surface area (Å²) in [7, 11) is 0.